The fraction of sp³-hybridized carbons (Fsp3) is 0.312. The van der Waals surface area contributed by atoms with Gasteiger partial charge in [0.25, 0.3) is 5.91 Å². The third-order valence-electron chi connectivity index (χ3n) is 4.08. The Balaban J connectivity index is 1.50. The Bertz CT molecular complexity index is 665. The van der Waals surface area contributed by atoms with E-state index in [0.717, 1.165) is 24.5 Å². The van der Waals surface area contributed by atoms with E-state index in [0.29, 0.717) is 18.2 Å². The summed E-state index contributed by atoms with van der Waals surface area (Å²) in [7, 11) is 0. The Kier molecular flexibility index (Phi) is 2.84. The van der Waals surface area contributed by atoms with E-state index >= 15 is 0 Å². The molecule has 0 radical (unpaired) electrons. The van der Waals surface area contributed by atoms with Crippen LogP contribution in [0.1, 0.15) is 28.5 Å². The summed E-state index contributed by atoms with van der Waals surface area (Å²) in [4.78, 5) is 14.1. The second-order valence-electron chi connectivity index (χ2n) is 5.33. The predicted octanol–water partition coefficient (Wildman–Crippen LogP) is 2.64. The number of amides is 1. The quantitative estimate of drug-likeness (QED) is 0.851. The van der Waals surface area contributed by atoms with Gasteiger partial charge in [-0.05, 0) is 36.2 Å². The van der Waals surface area contributed by atoms with E-state index in [4.69, 9.17) is 13.9 Å². The van der Waals surface area contributed by atoms with Crippen molar-refractivity contribution in [3.63, 3.8) is 0 Å². The summed E-state index contributed by atoms with van der Waals surface area (Å²) in [5, 5.41) is 0. The molecule has 108 valence electrons. The van der Waals surface area contributed by atoms with E-state index in [1.54, 1.807) is 12.1 Å². The van der Waals surface area contributed by atoms with Crippen molar-refractivity contribution in [2.24, 2.45) is 0 Å². The molecule has 1 aromatic carbocycles. The standard InChI is InChI=1S/C16H15NO4/c18-16(14-2-1-7-19-14)17-6-5-12(9-17)11-3-4-13-15(8-11)21-10-20-13/h1-4,7-8,12H,5-6,9-10H2/t12-/m1/s1. The monoisotopic (exact) mass is 285 g/mol. The average Bonchev–Trinajstić information content (AvgIpc) is 3.25. The number of furan rings is 1. The van der Waals surface area contributed by atoms with E-state index in [-0.39, 0.29) is 12.7 Å². The van der Waals surface area contributed by atoms with Crippen LogP contribution in [0.2, 0.25) is 0 Å². The topological polar surface area (TPSA) is 51.9 Å². The molecule has 4 rings (SSSR count). The molecule has 1 aromatic heterocycles. The first-order valence-electron chi connectivity index (χ1n) is 7.03. The number of benzene rings is 1. The lowest BCUT2D eigenvalue weighted by molar-refractivity contribution is 0.0759. The molecule has 1 saturated heterocycles. The normalized spacial score (nSPS) is 20.0. The van der Waals surface area contributed by atoms with Crippen LogP contribution in [0.5, 0.6) is 11.5 Å². The molecule has 1 atom stereocenters. The molecule has 0 saturated carbocycles. The Hall–Kier alpha value is -2.43. The number of nitrogens with zero attached hydrogens (tertiary/aromatic N) is 1. The summed E-state index contributed by atoms with van der Waals surface area (Å²) in [5.74, 6) is 2.28. The van der Waals surface area contributed by atoms with E-state index in [1.807, 2.05) is 17.0 Å². The molecule has 2 aliphatic rings. The van der Waals surface area contributed by atoms with Gasteiger partial charge in [0.2, 0.25) is 6.79 Å². The number of likely N-dealkylation sites (tertiary alicyclic amines) is 1. The summed E-state index contributed by atoms with van der Waals surface area (Å²) >= 11 is 0. The highest BCUT2D eigenvalue weighted by Gasteiger charge is 2.30. The molecule has 1 fully saturated rings. The Morgan fingerprint density at radius 3 is 2.95 bits per heavy atom. The maximum absolute atomic E-state index is 12.3. The predicted molar refractivity (Wildman–Crippen MR) is 74.5 cm³/mol. The second kappa shape index (κ2) is 4.84. The first-order valence-corrected chi connectivity index (χ1v) is 7.03. The molecular formula is C16H15NO4. The summed E-state index contributed by atoms with van der Waals surface area (Å²) < 4.78 is 15.9. The van der Waals surface area contributed by atoms with Crippen molar-refractivity contribution in [2.45, 2.75) is 12.3 Å². The van der Waals surface area contributed by atoms with Crippen molar-refractivity contribution < 1.29 is 18.7 Å². The third-order valence-corrected chi connectivity index (χ3v) is 4.08. The van der Waals surface area contributed by atoms with Crippen LogP contribution in [-0.4, -0.2) is 30.7 Å². The molecule has 0 N–H and O–H groups in total. The second-order valence-corrected chi connectivity index (χ2v) is 5.33. The summed E-state index contributed by atoms with van der Waals surface area (Å²) in [6, 6.07) is 9.45. The molecule has 3 heterocycles. The molecule has 0 aliphatic carbocycles. The van der Waals surface area contributed by atoms with Gasteiger partial charge in [-0.25, -0.2) is 0 Å². The molecule has 1 amide bonds. The van der Waals surface area contributed by atoms with Crippen LogP contribution in [0, 0.1) is 0 Å². The first kappa shape index (κ1) is 12.3. The minimum absolute atomic E-state index is 0.0387. The summed E-state index contributed by atoms with van der Waals surface area (Å²) in [5.41, 5.74) is 1.19. The number of carbonyl (C=O) groups is 1. The van der Waals surface area contributed by atoms with Crippen LogP contribution in [0.15, 0.2) is 41.0 Å². The molecular weight excluding hydrogens is 270 g/mol. The van der Waals surface area contributed by atoms with E-state index in [1.165, 1.54) is 11.8 Å². The van der Waals surface area contributed by atoms with Gasteiger partial charge in [-0.1, -0.05) is 6.07 Å². The molecule has 21 heavy (non-hydrogen) atoms. The van der Waals surface area contributed by atoms with Gasteiger partial charge in [0, 0.05) is 19.0 Å². The zero-order chi connectivity index (χ0) is 14.2. The summed E-state index contributed by atoms with van der Waals surface area (Å²) in [6.45, 7) is 1.74. The van der Waals surface area contributed by atoms with Gasteiger partial charge in [0.05, 0.1) is 6.26 Å². The molecule has 0 bridgehead atoms. The van der Waals surface area contributed by atoms with Crippen molar-refractivity contribution in [3.05, 3.63) is 47.9 Å². The molecule has 0 spiro atoms. The molecule has 5 nitrogen and oxygen atoms in total. The van der Waals surface area contributed by atoms with Gasteiger partial charge in [-0.3, -0.25) is 4.79 Å². The highest BCUT2D eigenvalue weighted by Crippen LogP contribution is 2.37. The fourth-order valence-corrected chi connectivity index (χ4v) is 2.94. The fourth-order valence-electron chi connectivity index (χ4n) is 2.94. The summed E-state index contributed by atoms with van der Waals surface area (Å²) in [6.07, 6.45) is 2.48. The van der Waals surface area contributed by atoms with Crippen molar-refractivity contribution >= 4 is 5.91 Å². The lowest BCUT2D eigenvalue weighted by Gasteiger charge is -2.15. The largest absolute Gasteiger partial charge is 0.459 e. The maximum Gasteiger partial charge on any atom is 0.289 e. The lowest BCUT2D eigenvalue weighted by atomic mass is 9.98. The van der Waals surface area contributed by atoms with Crippen molar-refractivity contribution in [1.82, 2.24) is 4.90 Å². The highest BCUT2D eigenvalue weighted by atomic mass is 16.7. The minimum atomic E-state index is -0.0387. The molecule has 0 unspecified atom stereocenters. The highest BCUT2D eigenvalue weighted by molar-refractivity contribution is 5.91. The van der Waals surface area contributed by atoms with E-state index in [9.17, 15) is 4.79 Å². The molecule has 5 heteroatoms. The number of rotatable bonds is 2. The van der Waals surface area contributed by atoms with Crippen molar-refractivity contribution in [1.29, 1.82) is 0 Å². The van der Waals surface area contributed by atoms with Crippen LogP contribution >= 0.6 is 0 Å². The van der Waals surface area contributed by atoms with Gasteiger partial charge in [-0.15, -0.1) is 0 Å². The zero-order valence-corrected chi connectivity index (χ0v) is 11.5. The van der Waals surface area contributed by atoms with Crippen LogP contribution < -0.4 is 9.47 Å². The maximum atomic E-state index is 12.3. The Morgan fingerprint density at radius 1 is 1.19 bits per heavy atom. The number of carbonyl (C=O) groups excluding carboxylic acids is 1. The number of ether oxygens (including phenoxy) is 2. The number of fused-ring (bicyclic) bond motifs is 1. The number of hydrogen-bond acceptors (Lipinski definition) is 4. The molecule has 2 aliphatic heterocycles. The number of hydrogen-bond donors (Lipinski definition) is 0. The van der Waals surface area contributed by atoms with Gasteiger partial charge in [0.15, 0.2) is 17.3 Å². The van der Waals surface area contributed by atoms with E-state index in [2.05, 4.69) is 6.07 Å². The third kappa shape index (κ3) is 2.14. The first-order chi connectivity index (χ1) is 10.3. The van der Waals surface area contributed by atoms with Crippen molar-refractivity contribution in [2.75, 3.05) is 19.9 Å². The van der Waals surface area contributed by atoms with Crippen LogP contribution in [0.4, 0.5) is 0 Å². The zero-order valence-electron chi connectivity index (χ0n) is 11.5. The van der Waals surface area contributed by atoms with Gasteiger partial charge < -0.3 is 18.8 Å². The van der Waals surface area contributed by atoms with Crippen LogP contribution in [0.3, 0.4) is 0 Å². The smallest absolute Gasteiger partial charge is 0.289 e. The molecule has 2 aromatic rings. The SMILES string of the molecule is O=C(c1ccco1)N1CC[C@@H](c2ccc3c(c2)OCO3)C1. The minimum Gasteiger partial charge on any atom is -0.459 e. The van der Waals surface area contributed by atoms with Crippen LogP contribution in [-0.2, 0) is 0 Å². The lowest BCUT2D eigenvalue weighted by Crippen LogP contribution is -2.28. The van der Waals surface area contributed by atoms with Gasteiger partial charge in [0.1, 0.15) is 0 Å². The van der Waals surface area contributed by atoms with Crippen molar-refractivity contribution in [3.8, 4) is 11.5 Å². The van der Waals surface area contributed by atoms with Gasteiger partial charge >= 0.3 is 0 Å². The van der Waals surface area contributed by atoms with E-state index < -0.39 is 0 Å². The van der Waals surface area contributed by atoms with Gasteiger partial charge in [-0.2, -0.15) is 0 Å². The van der Waals surface area contributed by atoms with Crippen LogP contribution in [0.25, 0.3) is 0 Å². The Morgan fingerprint density at radius 2 is 2.10 bits per heavy atom. The average molecular weight is 285 g/mol. The Labute approximate surface area is 122 Å².